The van der Waals surface area contributed by atoms with Crippen molar-refractivity contribution in [1.82, 2.24) is 9.78 Å². The van der Waals surface area contributed by atoms with Crippen LogP contribution in [0.4, 0.5) is 18.9 Å². The number of hydrogen-bond donors (Lipinski definition) is 1. The monoisotopic (exact) mass is 458 g/mol. The number of alkyl halides is 3. The highest BCUT2D eigenvalue weighted by atomic mass is 19.4. The van der Waals surface area contributed by atoms with Gasteiger partial charge in [-0.25, -0.2) is 4.68 Å². The number of nitrogens with zero attached hydrogens (tertiary/aromatic N) is 3. The van der Waals surface area contributed by atoms with Crippen LogP contribution < -0.4 is 5.32 Å². The summed E-state index contributed by atoms with van der Waals surface area (Å²) >= 11 is 0. The number of carbonyl (C=O) groups is 1. The number of anilines is 1. The first kappa shape index (κ1) is 22.6. The Labute approximate surface area is 193 Å². The molecule has 4 aromatic rings. The molecule has 0 radical (unpaired) electrons. The van der Waals surface area contributed by atoms with Gasteiger partial charge in [-0.3, -0.25) is 4.79 Å². The predicted molar refractivity (Wildman–Crippen MR) is 123 cm³/mol. The number of aromatic nitrogens is 2. The molecule has 0 bridgehead atoms. The Bertz CT molecular complexity index is 1390. The number of halogens is 3. The van der Waals surface area contributed by atoms with E-state index in [0.29, 0.717) is 11.3 Å². The summed E-state index contributed by atoms with van der Waals surface area (Å²) in [5.41, 5.74) is 1.37. The number of para-hydroxylation sites is 1. The average molecular weight is 458 g/mol. The zero-order chi connectivity index (χ0) is 24.1. The largest absolute Gasteiger partial charge is 0.416 e. The van der Waals surface area contributed by atoms with Gasteiger partial charge in [-0.05, 0) is 36.4 Å². The molecule has 8 heteroatoms. The summed E-state index contributed by atoms with van der Waals surface area (Å²) in [7, 11) is 0. The highest BCUT2D eigenvalue weighted by Crippen LogP contribution is 2.31. The van der Waals surface area contributed by atoms with E-state index in [1.54, 1.807) is 10.9 Å². The number of nitrogens with one attached hydrogen (secondary N) is 1. The Morgan fingerprint density at radius 1 is 0.971 bits per heavy atom. The summed E-state index contributed by atoms with van der Waals surface area (Å²) in [5, 5.41) is 16.6. The average Bonchev–Trinajstić information content (AvgIpc) is 3.27. The molecule has 5 nitrogen and oxygen atoms in total. The fourth-order valence-corrected chi connectivity index (χ4v) is 3.30. The third-order valence-corrected chi connectivity index (χ3v) is 4.92. The van der Waals surface area contributed by atoms with Gasteiger partial charge in [0.05, 0.1) is 16.9 Å². The Kier molecular flexibility index (Phi) is 6.28. The zero-order valence-corrected chi connectivity index (χ0v) is 17.6. The lowest BCUT2D eigenvalue weighted by Gasteiger charge is -2.09. The smallest absolute Gasteiger partial charge is 0.321 e. The molecular formula is C26H17F3N4O. The van der Waals surface area contributed by atoms with Crippen molar-refractivity contribution in [2.45, 2.75) is 6.18 Å². The summed E-state index contributed by atoms with van der Waals surface area (Å²) in [5.74, 6) is -0.826. The van der Waals surface area contributed by atoms with Crippen molar-refractivity contribution in [3.8, 4) is 23.0 Å². The van der Waals surface area contributed by atoms with Gasteiger partial charge in [0.15, 0.2) is 0 Å². The fourth-order valence-electron chi connectivity index (χ4n) is 3.30. The summed E-state index contributed by atoms with van der Waals surface area (Å²) in [4.78, 5) is 12.7. The van der Waals surface area contributed by atoms with E-state index in [9.17, 15) is 23.2 Å². The third kappa shape index (κ3) is 5.05. The van der Waals surface area contributed by atoms with Crippen LogP contribution in [0.1, 0.15) is 11.1 Å². The van der Waals surface area contributed by atoms with Crippen LogP contribution in [0.5, 0.6) is 0 Å². The van der Waals surface area contributed by atoms with Gasteiger partial charge >= 0.3 is 6.18 Å². The number of rotatable bonds is 5. The normalized spacial score (nSPS) is 11.6. The molecular weight excluding hydrogens is 441 g/mol. The molecule has 0 saturated carbocycles. The second-order valence-electron chi connectivity index (χ2n) is 7.28. The lowest BCUT2D eigenvalue weighted by Crippen LogP contribution is -2.14. The number of benzene rings is 3. The minimum atomic E-state index is -4.55. The van der Waals surface area contributed by atoms with Crippen LogP contribution >= 0.6 is 0 Å². The molecule has 0 aliphatic rings. The van der Waals surface area contributed by atoms with Crippen molar-refractivity contribution < 1.29 is 18.0 Å². The van der Waals surface area contributed by atoms with E-state index in [2.05, 4.69) is 10.4 Å². The van der Waals surface area contributed by atoms with Gasteiger partial charge in [0.1, 0.15) is 11.6 Å². The number of hydrogen-bond acceptors (Lipinski definition) is 3. The Morgan fingerprint density at radius 2 is 1.65 bits per heavy atom. The first-order chi connectivity index (χ1) is 16.3. The summed E-state index contributed by atoms with van der Waals surface area (Å²) in [6.45, 7) is 0. The predicted octanol–water partition coefficient (Wildman–Crippen LogP) is 6.10. The van der Waals surface area contributed by atoms with Crippen LogP contribution in [-0.2, 0) is 11.0 Å². The van der Waals surface area contributed by atoms with Crippen LogP contribution in [0.2, 0.25) is 0 Å². The van der Waals surface area contributed by atoms with Crippen LogP contribution in [0.3, 0.4) is 0 Å². The van der Waals surface area contributed by atoms with E-state index < -0.39 is 17.6 Å². The maximum absolute atomic E-state index is 13.0. The Hall–Kier alpha value is -4.64. The Morgan fingerprint density at radius 3 is 2.29 bits per heavy atom. The van der Waals surface area contributed by atoms with E-state index in [1.165, 1.54) is 18.2 Å². The molecule has 0 atom stereocenters. The fraction of sp³-hybridized carbons (Fsp3) is 0.0385. The lowest BCUT2D eigenvalue weighted by molar-refractivity contribution is -0.137. The second kappa shape index (κ2) is 9.46. The van der Waals surface area contributed by atoms with Crippen LogP contribution in [0.25, 0.3) is 23.0 Å². The zero-order valence-electron chi connectivity index (χ0n) is 17.6. The molecule has 3 aromatic carbocycles. The molecule has 1 amide bonds. The summed E-state index contributed by atoms with van der Waals surface area (Å²) < 4.78 is 40.6. The van der Waals surface area contributed by atoms with Gasteiger partial charge in [-0.1, -0.05) is 54.6 Å². The Balaban J connectivity index is 1.71. The van der Waals surface area contributed by atoms with Crippen LogP contribution in [0, 0.1) is 11.3 Å². The maximum atomic E-state index is 13.0. The third-order valence-electron chi connectivity index (χ3n) is 4.92. The van der Waals surface area contributed by atoms with Gasteiger partial charge in [0.2, 0.25) is 0 Å². The van der Waals surface area contributed by atoms with Crippen LogP contribution in [-0.4, -0.2) is 15.7 Å². The summed E-state index contributed by atoms with van der Waals surface area (Å²) in [6.07, 6.45) is -1.49. The molecule has 0 fully saturated rings. The summed E-state index contributed by atoms with van der Waals surface area (Å²) in [6, 6.07) is 24.6. The maximum Gasteiger partial charge on any atom is 0.416 e. The van der Waals surface area contributed by atoms with E-state index in [1.807, 2.05) is 66.7 Å². The molecule has 0 saturated heterocycles. The van der Waals surface area contributed by atoms with Crippen molar-refractivity contribution in [3.05, 3.63) is 108 Å². The lowest BCUT2D eigenvalue weighted by atomic mass is 10.1. The molecule has 0 aliphatic carbocycles. The first-order valence-corrected chi connectivity index (χ1v) is 10.2. The van der Waals surface area contributed by atoms with Gasteiger partial charge in [0.25, 0.3) is 5.91 Å². The van der Waals surface area contributed by atoms with Gasteiger partial charge < -0.3 is 5.32 Å². The topological polar surface area (TPSA) is 70.7 Å². The molecule has 0 aliphatic heterocycles. The minimum Gasteiger partial charge on any atom is -0.321 e. The quantitative estimate of drug-likeness (QED) is 0.290. The standard InChI is InChI=1S/C26H17F3N4O/c27-26(28,29)21-10-7-11-22(15-21)31-25(34)19(16-30)14-20-17-33(23-12-5-2-6-13-23)32-24(20)18-8-3-1-4-9-18/h1-15,17H,(H,31,34)/b19-14-. The molecule has 1 aromatic heterocycles. The highest BCUT2D eigenvalue weighted by Gasteiger charge is 2.30. The number of carbonyl (C=O) groups excluding carboxylic acids is 1. The van der Waals surface area contributed by atoms with Gasteiger partial charge in [-0.2, -0.15) is 23.5 Å². The van der Waals surface area contributed by atoms with Crippen LogP contribution in [0.15, 0.2) is 96.7 Å². The van der Waals surface area contributed by atoms with Crippen molar-refractivity contribution in [2.24, 2.45) is 0 Å². The van der Waals surface area contributed by atoms with E-state index in [4.69, 9.17) is 0 Å². The molecule has 34 heavy (non-hydrogen) atoms. The van der Waals surface area contributed by atoms with Crippen molar-refractivity contribution in [3.63, 3.8) is 0 Å². The van der Waals surface area contributed by atoms with Gasteiger partial charge in [0, 0.05) is 23.0 Å². The number of amides is 1. The van der Waals surface area contributed by atoms with Crippen molar-refractivity contribution >= 4 is 17.7 Å². The first-order valence-electron chi connectivity index (χ1n) is 10.2. The molecule has 0 spiro atoms. The van der Waals surface area contributed by atoms with E-state index in [-0.39, 0.29) is 11.3 Å². The van der Waals surface area contributed by atoms with Crippen molar-refractivity contribution in [2.75, 3.05) is 5.32 Å². The van der Waals surface area contributed by atoms with E-state index in [0.717, 1.165) is 23.4 Å². The molecule has 168 valence electrons. The second-order valence-corrected chi connectivity index (χ2v) is 7.28. The van der Waals surface area contributed by atoms with E-state index >= 15 is 0 Å². The van der Waals surface area contributed by atoms with Gasteiger partial charge in [-0.15, -0.1) is 0 Å². The highest BCUT2D eigenvalue weighted by molar-refractivity contribution is 6.10. The number of nitriles is 1. The molecule has 1 N–H and O–H groups in total. The molecule has 0 unspecified atom stereocenters. The molecule has 1 heterocycles. The molecule has 4 rings (SSSR count). The SMILES string of the molecule is N#C/C(=C/c1cn(-c2ccccc2)nc1-c1ccccc1)C(=O)Nc1cccc(C(F)(F)F)c1. The van der Waals surface area contributed by atoms with Crippen molar-refractivity contribution in [1.29, 1.82) is 5.26 Å². The minimum absolute atomic E-state index is 0.0655.